The highest BCUT2D eigenvalue weighted by Gasteiger charge is 2.25. The van der Waals surface area contributed by atoms with E-state index in [4.69, 9.17) is 14.6 Å². The van der Waals surface area contributed by atoms with Crippen LogP contribution in [-0.4, -0.2) is 24.9 Å². The van der Waals surface area contributed by atoms with Crippen molar-refractivity contribution in [1.29, 1.82) is 0 Å². The molecule has 0 amide bonds. The highest BCUT2D eigenvalue weighted by atomic mass is 16.5. The Kier molecular flexibility index (Phi) is 6.49. The van der Waals surface area contributed by atoms with Crippen molar-refractivity contribution in [2.45, 2.75) is 26.6 Å². The molecule has 0 heterocycles. The van der Waals surface area contributed by atoms with Gasteiger partial charge < -0.3 is 14.6 Å². The lowest BCUT2D eigenvalue weighted by Crippen LogP contribution is -2.28. The van der Waals surface area contributed by atoms with Crippen molar-refractivity contribution in [3.8, 4) is 5.75 Å². The molecule has 0 radical (unpaired) electrons. The van der Waals surface area contributed by atoms with Gasteiger partial charge in [0.1, 0.15) is 5.75 Å². The van der Waals surface area contributed by atoms with Crippen LogP contribution in [0.15, 0.2) is 49.1 Å². The summed E-state index contributed by atoms with van der Waals surface area (Å²) >= 11 is 0. The summed E-state index contributed by atoms with van der Waals surface area (Å²) in [5.41, 5.74) is 0.872. The van der Waals surface area contributed by atoms with Crippen molar-refractivity contribution < 1.29 is 14.6 Å². The quantitative estimate of drug-likeness (QED) is 0.740. The molecule has 0 saturated heterocycles. The van der Waals surface area contributed by atoms with E-state index in [-0.39, 0.29) is 18.1 Å². The van der Waals surface area contributed by atoms with Crippen LogP contribution in [0.3, 0.4) is 0 Å². The van der Waals surface area contributed by atoms with Crippen molar-refractivity contribution in [2.24, 2.45) is 5.41 Å². The zero-order valence-corrected chi connectivity index (χ0v) is 12.5. The van der Waals surface area contributed by atoms with Gasteiger partial charge in [-0.25, -0.2) is 0 Å². The molecule has 0 spiro atoms. The molecule has 0 saturated carbocycles. The zero-order chi connectivity index (χ0) is 15.0. The van der Waals surface area contributed by atoms with Crippen molar-refractivity contribution >= 4 is 0 Å². The van der Waals surface area contributed by atoms with Crippen molar-refractivity contribution in [3.63, 3.8) is 0 Å². The normalized spacial score (nSPS) is 13.4. The summed E-state index contributed by atoms with van der Waals surface area (Å²) in [5, 5.41) is 8.88. The van der Waals surface area contributed by atoms with E-state index in [0.717, 1.165) is 11.3 Å². The predicted molar refractivity (Wildman–Crippen MR) is 81.8 cm³/mol. The fourth-order valence-electron chi connectivity index (χ4n) is 1.95. The first-order valence-corrected chi connectivity index (χ1v) is 6.69. The van der Waals surface area contributed by atoms with Crippen LogP contribution < -0.4 is 4.74 Å². The minimum atomic E-state index is -0.211. The zero-order valence-electron chi connectivity index (χ0n) is 12.5. The van der Waals surface area contributed by atoms with Gasteiger partial charge in [-0.1, -0.05) is 44.2 Å². The average molecular weight is 276 g/mol. The second-order valence-electron chi connectivity index (χ2n) is 5.22. The molecule has 3 nitrogen and oxygen atoms in total. The monoisotopic (exact) mass is 276 g/mol. The van der Waals surface area contributed by atoms with Gasteiger partial charge >= 0.3 is 0 Å². The van der Waals surface area contributed by atoms with Gasteiger partial charge in [0.15, 0.2) is 0 Å². The Bertz CT molecular complexity index is 432. The summed E-state index contributed by atoms with van der Waals surface area (Å²) in [6, 6.07) is 7.79. The van der Waals surface area contributed by atoms with E-state index in [2.05, 4.69) is 20.4 Å². The lowest BCUT2D eigenvalue weighted by Gasteiger charge is -2.29. The van der Waals surface area contributed by atoms with Gasteiger partial charge in [-0.2, -0.15) is 0 Å². The first-order valence-electron chi connectivity index (χ1n) is 6.69. The smallest absolute Gasteiger partial charge is 0.118 e. The topological polar surface area (TPSA) is 38.7 Å². The number of aliphatic hydroxyl groups is 1. The molecule has 1 rings (SSSR count). The molecular weight excluding hydrogens is 252 g/mol. The molecule has 0 bridgehead atoms. The van der Waals surface area contributed by atoms with Crippen LogP contribution in [0, 0.1) is 5.41 Å². The van der Waals surface area contributed by atoms with E-state index in [1.165, 1.54) is 0 Å². The molecule has 1 atom stereocenters. The van der Waals surface area contributed by atoms with E-state index in [9.17, 15) is 0 Å². The van der Waals surface area contributed by atoms with Crippen LogP contribution in [0.4, 0.5) is 0 Å². The fourth-order valence-corrected chi connectivity index (χ4v) is 1.95. The third-order valence-corrected chi connectivity index (χ3v) is 3.19. The molecule has 0 aliphatic heterocycles. The van der Waals surface area contributed by atoms with E-state index in [0.29, 0.717) is 6.61 Å². The molecule has 1 aromatic rings. The second kappa shape index (κ2) is 7.88. The average Bonchev–Trinajstić information content (AvgIpc) is 2.46. The van der Waals surface area contributed by atoms with E-state index < -0.39 is 0 Å². The highest BCUT2D eigenvalue weighted by Crippen LogP contribution is 2.27. The van der Waals surface area contributed by atoms with Crippen molar-refractivity contribution in [3.05, 3.63) is 54.6 Å². The Hall–Kier alpha value is -1.58. The maximum atomic E-state index is 8.88. The maximum absolute atomic E-state index is 8.88. The summed E-state index contributed by atoms with van der Waals surface area (Å²) in [6.07, 6.45) is 5.36. The second-order valence-corrected chi connectivity index (χ2v) is 5.22. The number of benzene rings is 1. The summed E-state index contributed by atoms with van der Waals surface area (Å²) < 4.78 is 11.0. The first-order chi connectivity index (χ1) is 9.53. The van der Waals surface area contributed by atoms with Crippen LogP contribution in [0.5, 0.6) is 5.75 Å². The molecule has 1 N–H and O–H groups in total. The molecule has 0 unspecified atom stereocenters. The summed E-state index contributed by atoms with van der Waals surface area (Å²) in [4.78, 5) is 0. The number of rotatable bonds is 8. The van der Waals surface area contributed by atoms with Gasteiger partial charge in [0.2, 0.25) is 0 Å². The SMILES string of the molecule is C=C[C@H](OCc1ccc(OC)cc1)C(C)(C)/C=C/CO. The van der Waals surface area contributed by atoms with Crippen LogP contribution in [0.25, 0.3) is 0 Å². The molecule has 0 fully saturated rings. The third kappa shape index (κ3) is 4.83. The molecule has 1 aromatic carbocycles. The molecule has 0 aliphatic carbocycles. The summed E-state index contributed by atoms with van der Waals surface area (Å²) in [7, 11) is 1.65. The molecule has 20 heavy (non-hydrogen) atoms. The van der Waals surface area contributed by atoms with Gasteiger partial charge in [-0.3, -0.25) is 0 Å². The van der Waals surface area contributed by atoms with E-state index in [1.807, 2.05) is 30.3 Å². The Morgan fingerprint density at radius 1 is 1.30 bits per heavy atom. The molecular formula is C17H24O3. The molecule has 110 valence electrons. The number of ether oxygens (including phenoxy) is 2. The minimum Gasteiger partial charge on any atom is -0.497 e. The van der Waals surface area contributed by atoms with Crippen LogP contribution in [-0.2, 0) is 11.3 Å². The van der Waals surface area contributed by atoms with Crippen molar-refractivity contribution in [1.82, 2.24) is 0 Å². The Morgan fingerprint density at radius 2 is 1.95 bits per heavy atom. The van der Waals surface area contributed by atoms with Gasteiger partial charge in [0.05, 0.1) is 26.4 Å². The first kappa shape index (κ1) is 16.5. The Labute approximate surface area is 121 Å². The number of hydrogen-bond acceptors (Lipinski definition) is 3. The van der Waals surface area contributed by atoms with Crippen LogP contribution in [0.1, 0.15) is 19.4 Å². The minimum absolute atomic E-state index is 0.0335. The van der Waals surface area contributed by atoms with E-state index >= 15 is 0 Å². The number of hydrogen-bond donors (Lipinski definition) is 1. The summed E-state index contributed by atoms with van der Waals surface area (Å²) in [6.45, 7) is 8.49. The fraction of sp³-hybridized carbons (Fsp3) is 0.412. The Morgan fingerprint density at radius 3 is 2.45 bits per heavy atom. The molecule has 3 heteroatoms. The van der Waals surface area contributed by atoms with Crippen molar-refractivity contribution in [2.75, 3.05) is 13.7 Å². The van der Waals surface area contributed by atoms with E-state index in [1.54, 1.807) is 19.3 Å². The predicted octanol–water partition coefficient (Wildman–Crippen LogP) is 3.34. The lowest BCUT2D eigenvalue weighted by molar-refractivity contribution is 0.0161. The number of aliphatic hydroxyl groups excluding tert-OH is 1. The molecule has 0 aliphatic rings. The van der Waals surface area contributed by atoms with Gasteiger partial charge in [0.25, 0.3) is 0 Å². The van der Waals surface area contributed by atoms with Crippen LogP contribution in [0.2, 0.25) is 0 Å². The van der Waals surface area contributed by atoms with Gasteiger partial charge in [-0.05, 0) is 17.7 Å². The Balaban J connectivity index is 2.64. The lowest BCUT2D eigenvalue weighted by atomic mass is 9.86. The summed E-state index contributed by atoms with van der Waals surface area (Å²) in [5.74, 6) is 0.834. The van der Waals surface area contributed by atoms with Gasteiger partial charge in [0, 0.05) is 5.41 Å². The van der Waals surface area contributed by atoms with Gasteiger partial charge in [-0.15, -0.1) is 6.58 Å². The molecule has 0 aromatic heterocycles. The number of methoxy groups -OCH3 is 1. The third-order valence-electron chi connectivity index (χ3n) is 3.19. The van der Waals surface area contributed by atoms with Crippen LogP contribution >= 0.6 is 0 Å². The largest absolute Gasteiger partial charge is 0.497 e. The highest BCUT2D eigenvalue weighted by molar-refractivity contribution is 5.26. The standard InChI is InChI=1S/C17H24O3/c1-5-16(17(2,3)11-6-12-18)20-13-14-7-9-15(19-4)10-8-14/h5-11,16,18H,1,12-13H2,2-4H3/b11-6+/t16-/m0/s1. The maximum Gasteiger partial charge on any atom is 0.118 e.